The van der Waals surface area contributed by atoms with Gasteiger partial charge < -0.3 is 5.32 Å². The molecule has 21 heavy (non-hydrogen) atoms. The largest absolute Gasteiger partial charge is 0.421 e. The van der Waals surface area contributed by atoms with Crippen LogP contribution in [-0.4, -0.2) is 42.2 Å². The molecule has 1 aromatic rings. The van der Waals surface area contributed by atoms with Crippen molar-refractivity contribution in [3.05, 3.63) is 11.8 Å². The molecule has 10 heteroatoms. The van der Waals surface area contributed by atoms with E-state index >= 15 is 0 Å². The molecule has 0 unspecified atom stereocenters. The third kappa shape index (κ3) is 3.79. The summed E-state index contributed by atoms with van der Waals surface area (Å²) in [6.45, 7) is 0. The molecule has 1 aromatic heterocycles. The summed E-state index contributed by atoms with van der Waals surface area (Å²) in [7, 11) is -3.14. The Bertz CT molecular complexity index is 628. The van der Waals surface area contributed by atoms with E-state index in [1.807, 2.05) is 0 Å². The van der Waals surface area contributed by atoms with Crippen LogP contribution in [0, 0.1) is 0 Å². The molecule has 1 N–H and O–H groups in total. The van der Waals surface area contributed by atoms with Gasteiger partial charge in [0, 0.05) is 18.5 Å². The Hall–Kier alpha value is -1.03. The van der Waals surface area contributed by atoms with Gasteiger partial charge in [-0.05, 0) is 19.1 Å². The predicted octanol–water partition coefficient (Wildman–Crippen LogP) is 2.20. The van der Waals surface area contributed by atoms with Crippen molar-refractivity contribution in [1.82, 2.24) is 9.97 Å². The molecule has 0 aromatic carbocycles. The molecule has 0 bridgehead atoms. The Kier molecular flexibility index (Phi) is 4.39. The standard InChI is InChI=1S/C11H14F3N3O2S2/c1-20-10-15-5-8(11(12,13)14)9(17-10)16-6-3-7(4-6)21(2,18)19/h5-7H,3-4H2,1-2H3,(H,15,16,17). The second-order valence-electron chi connectivity index (χ2n) is 4.88. The summed E-state index contributed by atoms with van der Waals surface area (Å²) in [6.07, 6.45) is -0.447. The minimum Gasteiger partial charge on any atom is -0.367 e. The van der Waals surface area contributed by atoms with Crippen LogP contribution in [0.15, 0.2) is 11.4 Å². The topological polar surface area (TPSA) is 72.0 Å². The third-order valence-electron chi connectivity index (χ3n) is 3.30. The van der Waals surface area contributed by atoms with Crippen molar-refractivity contribution in [3.63, 3.8) is 0 Å². The fourth-order valence-electron chi connectivity index (χ4n) is 2.01. The number of rotatable bonds is 4. The van der Waals surface area contributed by atoms with Crippen LogP contribution < -0.4 is 5.32 Å². The zero-order chi connectivity index (χ0) is 15.8. The lowest BCUT2D eigenvalue weighted by Crippen LogP contribution is -2.43. The van der Waals surface area contributed by atoms with E-state index in [0.717, 1.165) is 24.2 Å². The van der Waals surface area contributed by atoms with Crippen molar-refractivity contribution in [2.24, 2.45) is 0 Å². The smallest absolute Gasteiger partial charge is 0.367 e. The van der Waals surface area contributed by atoms with Gasteiger partial charge in [0.2, 0.25) is 0 Å². The van der Waals surface area contributed by atoms with E-state index in [9.17, 15) is 21.6 Å². The van der Waals surface area contributed by atoms with Crippen LogP contribution in [0.5, 0.6) is 0 Å². The van der Waals surface area contributed by atoms with Gasteiger partial charge in [-0.1, -0.05) is 11.8 Å². The first-order valence-electron chi connectivity index (χ1n) is 6.05. The fourth-order valence-corrected chi connectivity index (χ4v) is 3.51. The van der Waals surface area contributed by atoms with E-state index in [2.05, 4.69) is 15.3 Å². The van der Waals surface area contributed by atoms with Crippen molar-refractivity contribution in [1.29, 1.82) is 0 Å². The van der Waals surface area contributed by atoms with E-state index in [1.165, 1.54) is 0 Å². The molecular weight excluding hydrogens is 327 g/mol. The molecule has 1 fully saturated rings. The Morgan fingerprint density at radius 3 is 2.48 bits per heavy atom. The number of aromatic nitrogens is 2. The van der Waals surface area contributed by atoms with Crippen LogP contribution in [0.2, 0.25) is 0 Å². The normalized spacial score (nSPS) is 22.7. The predicted molar refractivity (Wildman–Crippen MR) is 74.1 cm³/mol. The van der Waals surface area contributed by atoms with Gasteiger partial charge in [-0.25, -0.2) is 18.4 Å². The number of sulfone groups is 1. The van der Waals surface area contributed by atoms with Gasteiger partial charge in [0.1, 0.15) is 21.2 Å². The number of hydrogen-bond donors (Lipinski definition) is 1. The van der Waals surface area contributed by atoms with Crippen LogP contribution in [0.1, 0.15) is 18.4 Å². The maximum Gasteiger partial charge on any atom is 0.421 e. The van der Waals surface area contributed by atoms with Gasteiger partial charge >= 0.3 is 6.18 Å². The summed E-state index contributed by atoms with van der Waals surface area (Å²) in [5.41, 5.74) is -0.942. The molecule has 1 aliphatic carbocycles. The highest BCUT2D eigenvalue weighted by Gasteiger charge is 2.39. The SMILES string of the molecule is CSc1ncc(C(F)(F)F)c(NC2CC(S(C)(=O)=O)C2)n1. The maximum atomic E-state index is 12.9. The number of anilines is 1. The second kappa shape index (κ2) is 5.64. The fraction of sp³-hybridized carbons (Fsp3) is 0.636. The Morgan fingerprint density at radius 1 is 1.38 bits per heavy atom. The number of thioether (sulfide) groups is 1. The Labute approximate surface area is 124 Å². The van der Waals surface area contributed by atoms with Crippen molar-refractivity contribution in [2.45, 2.75) is 35.5 Å². The molecule has 118 valence electrons. The summed E-state index contributed by atoms with van der Waals surface area (Å²) < 4.78 is 61.3. The highest BCUT2D eigenvalue weighted by Crippen LogP contribution is 2.36. The highest BCUT2D eigenvalue weighted by atomic mass is 32.2. The van der Waals surface area contributed by atoms with E-state index in [1.54, 1.807) is 6.26 Å². The molecular formula is C11H14F3N3O2S2. The Balaban J connectivity index is 2.16. The van der Waals surface area contributed by atoms with Crippen molar-refractivity contribution in [3.8, 4) is 0 Å². The average molecular weight is 341 g/mol. The van der Waals surface area contributed by atoms with Gasteiger partial charge in [-0.3, -0.25) is 0 Å². The van der Waals surface area contributed by atoms with E-state index in [-0.39, 0.29) is 29.9 Å². The first-order chi connectivity index (χ1) is 9.61. The number of halogens is 3. The summed E-state index contributed by atoms with van der Waals surface area (Å²) in [6, 6.07) is -0.324. The quantitative estimate of drug-likeness (QED) is 0.669. The zero-order valence-corrected chi connectivity index (χ0v) is 12.9. The van der Waals surface area contributed by atoms with E-state index in [4.69, 9.17) is 0 Å². The minimum atomic E-state index is -4.56. The molecule has 0 spiro atoms. The van der Waals surface area contributed by atoms with Crippen LogP contribution in [0.3, 0.4) is 0 Å². The third-order valence-corrected chi connectivity index (χ3v) is 5.45. The molecule has 0 aliphatic heterocycles. The van der Waals surface area contributed by atoms with E-state index in [0.29, 0.717) is 0 Å². The van der Waals surface area contributed by atoms with Crippen LogP contribution in [-0.2, 0) is 16.0 Å². The molecule has 0 radical (unpaired) electrons. The summed E-state index contributed by atoms with van der Waals surface area (Å²) in [5, 5.41) is 2.41. The lowest BCUT2D eigenvalue weighted by atomic mass is 9.92. The molecule has 1 saturated carbocycles. The zero-order valence-electron chi connectivity index (χ0n) is 11.3. The highest BCUT2D eigenvalue weighted by molar-refractivity contribution is 7.98. The number of nitrogens with one attached hydrogen (secondary N) is 1. The summed E-state index contributed by atoms with van der Waals surface area (Å²) in [4.78, 5) is 7.46. The molecule has 1 aliphatic rings. The van der Waals surface area contributed by atoms with Gasteiger partial charge in [0.15, 0.2) is 5.16 Å². The second-order valence-corrected chi connectivity index (χ2v) is 7.98. The molecule has 2 rings (SSSR count). The van der Waals surface area contributed by atoms with Crippen LogP contribution in [0.4, 0.5) is 19.0 Å². The van der Waals surface area contributed by atoms with E-state index < -0.39 is 26.8 Å². The first kappa shape index (κ1) is 16.3. The van der Waals surface area contributed by atoms with Gasteiger partial charge in [0.25, 0.3) is 0 Å². The lowest BCUT2D eigenvalue weighted by molar-refractivity contribution is -0.137. The van der Waals surface area contributed by atoms with Gasteiger partial charge in [-0.2, -0.15) is 13.2 Å². The van der Waals surface area contributed by atoms with Crippen molar-refractivity contribution in [2.75, 3.05) is 17.8 Å². The Morgan fingerprint density at radius 2 is 2.00 bits per heavy atom. The molecule has 0 amide bonds. The lowest BCUT2D eigenvalue weighted by Gasteiger charge is -2.35. The number of hydrogen-bond acceptors (Lipinski definition) is 6. The maximum absolute atomic E-state index is 12.9. The molecule has 0 atom stereocenters. The number of nitrogens with zero attached hydrogens (tertiary/aromatic N) is 2. The number of alkyl halides is 3. The average Bonchev–Trinajstić information content (AvgIpc) is 2.30. The van der Waals surface area contributed by atoms with Gasteiger partial charge in [0.05, 0.1) is 5.25 Å². The monoisotopic (exact) mass is 341 g/mol. The summed E-state index contributed by atoms with van der Waals surface area (Å²) >= 11 is 1.13. The minimum absolute atomic E-state index is 0.226. The molecule has 5 nitrogen and oxygen atoms in total. The molecule has 1 heterocycles. The van der Waals surface area contributed by atoms with Crippen molar-refractivity contribution >= 4 is 27.4 Å². The van der Waals surface area contributed by atoms with Gasteiger partial charge in [-0.15, -0.1) is 0 Å². The van der Waals surface area contributed by atoms with Crippen molar-refractivity contribution < 1.29 is 21.6 Å². The van der Waals surface area contributed by atoms with Crippen LogP contribution >= 0.6 is 11.8 Å². The first-order valence-corrected chi connectivity index (χ1v) is 9.23. The summed E-state index contributed by atoms with van der Waals surface area (Å²) in [5.74, 6) is -0.293. The molecule has 0 saturated heterocycles. The van der Waals surface area contributed by atoms with Crippen LogP contribution in [0.25, 0.3) is 0 Å².